The van der Waals surface area contributed by atoms with Crippen LogP contribution in [-0.2, 0) is 4.74 Å². The SMILES string of the molecule is CC(O)C1CC(N)CO1. The predicted molar refractivity (Wildman–Crippen MR) is 34.0 cm³/mol. The summed E-state index contributed by atoms with van der Waals surface area (Å²) in [5.74, 6) is 0. The van der Waals surface area contributed by atoms with Crippen LogP contribution in [0.25, 0.3) is 0 Å². The van der Waals surface area contributed by atoms with Crippen molar-refractivity contribution >= 4 is 0 Å². The zero-order valence-electron chi connectivity index (χ0n) is 5.58. The molecule has 0 aliphatic carbocycles. The first-order chi connectivity index (χ1) is 4.20. The molecular weight excluding hydrogens is 118 g/mol. The van der Waals surface area contributed by atoms with Crippen molar-refractivity contribution in [2.45, 2.75) is 31.6 Å². The minimum atomic E-state index is -0.376. The number of rotatable bonds is 1. The van der Waals surface area contributed by atoms with E-state index in [1.807, 2.05) is 0 Å². The molecule has 1 rings (SSSR count). The molecule has 0 saturated carbocycles. The smallest absolute Gasteiger partial charge is 0.0847 e. The van der Waals surface area contributed by atoms with E-state index in [1.54, 1.807) is 6.92 Å². The van der Waals surface area contributed by atoms with E-state index in [4.69, 9.17) is 15.6 Å². The molecule has 0 aromatic rings. The Balaban J connectivity index is 2.30. The lowest BCUT2D eigenvalue weighted by Gasteiger charge is -2.10. The van der Waals surface area contributed by atoms with Gasteiger partial charge in [-0.05, 0) is 13.3 Å². The summed E-state index contributed by atoms with van der Waals surface area (Å²) in [4.78, 5) is 0. The second-order valence-electron chi connectivity index (χ2n) is 2.61. The van der Waals surface area contributed by atoms with E-state index in [-0.39, 0.29) is 18.2 Å². The monoisotopic (exact) mass is 131 g/mol. The van der Waals surface area contributed by atoms with E-state index < -0.39 is 0 Å². The Morgan fingerprint density at radius 2 is 2.44 bits per heavy atom. The Morgan fingerprint density at radius 1 is 1.78 bits per heavy atom. The van der Waals surface area contributed by atoms with Gasteiger partial charge in [0.2, 0.25) is 0 Å². The van der Waals surface area contributed by atoms with Crippen LogP contribution in [0.1, 0.15) is 13.3 Å². The van der Waals surface area contributed by atoms with Crippen LogP contribution in [0.2, 0.25) is 0 Å². The number of nitrogens with two attached hydrogens (primary N) is 1. The van der Waals surface area contributed by atoms with Crippen LogP contribution in [0.4, 0.5) is 0 Å². The molecule has 3 N–H and O–H groups in total. The first-order valence-corrected chi connectivity index (χ1v) is 3.25. The lowest BCUT2D eigenvalue weighted by atomic mass is 10.1. The highest BCUT2D eigenvalue weighted by Crippen LogP contribution is 2.14. The maximum Gasteiger partial charge on any atom is 0.0847 e. The Bertz CT molecular complexity index is 95.1. The van der Waals surface area contributed by atoms with E-state index in [9.17, 15) is 0 Å². The zero-order chi connectivity index (χ0) is 6.85. The molecule has 3 heteroatoms. The molecule has 3 atom stereocenters. The molecule has 1 aliphatic heterocycles. The molecule has 1 heterocycles. The van der Waals surface area contributed by atoms with Gasteiger partial charge in [-0.3, -0.25) is 0 Å². The third kappa shape index (κ3) is 1.64. The van der Waals surface area contributed by atoms with Gasteiger partial charge >= 0.3 is 0 Å². The molecule has 54 valence electrons. The van der Waals surface area contributed by atoms with Crippen LogP contribution < -0.4 is 5.73 Å². The fourth-order valence-electron chi connectivity index (χ4n) is 1.02. The maximum absolute atomic E-state index is 8.99. The molecule has 0 radical (unpaired) electrons. The van der Waals surface area contributed by atoms with Crippen molar-refractivity contribution in [3.8, 4) is 0 Å². The molecule has 0 bridgehead atoms. The van der Waals surface area contributed by atoms with Crippen LogP contribution in [0, 0.1) is 0 Å². The van der Waals surface area contributed by atoms with Crippen molar-refractivity contribution in [1.29, 1.82) is 0 Å². The van der Waals surface area contributed by atoms with Crippen molar-refractivity contribution < 1.29 is 9.84 Å². The zero-order valence-corrected chi connectivity index (χ0v) is 5.58. The fourth-order valence-corrected chi connectivity index (χ4v) is 1.02. The van der Waals surface area contributed by atoms with Crippen LogP contribution in [0.3, 0.4) is 0 Å². The Hall–Kier alpha value is -0.120. The highest BCUT2D eigenvalue weighted by Gasteiger charge is 2.25. The molecule has 1 aliphatic rings. The first-order valence-electron chi connectivity index (χ1n) is 3.25. The third-order valence-electron chi connectivity index (χ3n) is 1.60. The molecule has 3 unspecified atom stereocenters. The second kappa shape index (κ2) is 2.64. The predicted octanol–water partition coefficient (Wildman–Crippen LogP) is -0.517. The summed E-state index contributed by atoms with van der Waals surface area (Å²) in [6.45, 7) is 2.32. The maximum atomic E-state index is 8.99. The molecular formula is C6H13NO2. The summed E-state index contributed by atoms with van der Waals surface area (Å²) in [5, 5.41) is 8.99. The number of aliphatic hydroxyl groups excluding tert-OH is 1. The van der Waals surface area contributed by atoms with Crippen LogP contribution in [0.15, 0.2) is 0 Å². The van der Waals surface area contributed by atoms with Gasteiger partial charge in [0.05, 0.1) is 18.8 Å². The van der Waals surface area contributed by atoms with Gasteiger partial charge in [0.25, 0.3) is 0 Å². The standard InChI is InChI=1S/C6H13NO2/c1-4(8)6-2-5(7)3-9-6/h4-6,8H,2-3,7H2,1H3. The van der Waals surface area contributed by atoms with E-state index >= 15 is 0 Å². The summed E-state index contributed by atoms with van der Waals surface area (Å²) in [6.07, 6.45) is 0.385. The molecule has 0 spiro atoms. The number of hydrogen-bond acceptors (Lipinski definition) is 3. The number of aliphatic hydroxyl groups is 1. The van der Waals surface area contributed by atoms with Crippen molar-refractivity contribution in [2.75, 3.05) is 6.61 Å². The van der Waals surface area contributed by atoms with Gasteiger partial charge in [-0.2, -0.15) is 0 Å². The summed E-state index contributed by atoms with van der Waals surface area (Å²) in [5.41, 5.74) is 5.53. The number of ether oxygens (including phenoxy) is 1. The highest BCUT2D eigenvalue weighted by atomic mass is 16.5. The van der Waals surface area contributed by atoms with Crippen LogP contribution in [0.5, 0.6) is 0 Å². The number of hydrogen-bond donors (Lipinski definition) is 2. The molecule has 0 aromatic heterocycles. The minimum Gasteiger partial charge on any atom is -0.391 e. The molecule has 1 fully saturated rings. The lowest BCUT2D eigenvalue weighted by molar-refractivity contribution is 0.00834. The van der Waals surface area contributed by atoms with Gasteiger partial charge in [0.15, 0.2) is 0 Å². The Kier molecular flexibility index (Phi) is 2.05. The third-order valence-corrected chi connectivity index (χ3v) is 1.60. The van der Waals surface area contributed by atoms with Gasteiger partial charge in [-0.15, -0.1) is 0 Å². The molecule has 3 nitrogen and oxygen atoms in total. The van der Waals surface area contributed by atoms with Crippen molar-refractivity contribution in [2.24, 2.45) is 5.73 Å². The summed E-state index contributed by atoms with van der Waals surface area (Å²) < 4.78 is 5.15. The van der Waals surface area contributed by atoms with Crippen LogP contribution in [-0.4, -0.2) is 30.0 Å². The quantitative estimate of drug-likeness (QED) is 0.503. The average molecular weight is 131 g/mol. The van der Waals surface area contributed by atoms with E-state index in [2.05, 4.69) is 0 Å². The van der Waals surface area contributed by atoms with Gasteiger partial charge in [-0.25, -0.2) is 0 Å². The van der Waals surface area contributed by atoms with E-state index in [0.29, 0.717) is 6.61 Å². The van der Waals surface area contributed by atoms with Gasteiger partial charge < -0.3 is 15.6 Å². The van der Waals surface area contributed by atoms with Crippen molar-refractivity contribution in [3.63, 3.8) is 0 Å². The summed E-state index contributed by atoms with van der Waals surface area (Å²) in [6, 6.07) is 0.129. The minimum absolute atomic E-state index is 0.0278. The molecule has 9 heavy (non-hydrogen) atoms. The fraction of sp³-hybridized carbons (Fsp3) is 1.00. The molecule has 1 saturated heterocycles. The van der Waals surface area contributed by atoms with Crippen molar-refractivity contribution in [3.05, 3.63) is 0 Å². The largest absolute Gasteiger partial charge is 0.391 e. The lowest BCUT2D eigenvalue weighted by Crippen LogP contribution is -2.24. The average Bonchev–Trinajstić information content (AvgIpc) is 2.14. The molecule has 0 aromatic carbocycles. The first kappa shape index (κ1) is 6.99. The van der Waals surface area contributed by atoms with Gasteiger partial charge in [-0.1, -0.05) is 0 Å². The highest BCUT2D eigenvalue weighted by molar-refractivity contribution is 4.78. The summed E-state index contributed by atoms with van der Waals surface area (Å²) in [7, 11) is 0. The van der Waals surface area contributed by atoms with Crippen molar-refractivity contribution in [1.82, 2.24) is 0 Å². The molecule has 0 amide bonds. The topological polar surface area (TPSA) is 55.5 Å². The summed E-state index contributed by atoms with van der Waals surface area (Å²) >= 11 is 0. The van der Waals surface area contributed by atoms with Gasteiger partial charge in [0.1, 0.15) is 0 Å². The van der Waals surface area contributed by atoms with E-state index in [0.717, 1.165) is 6.42 Å². The normalized spacial score (nSPS) is 39.0. The van der Waals surface area contributed by atoms with Crippen LogP contribution >= 0.6 is 0 Å². The Labute approximate surface area is 54.8 Å². The van der Waals surface area contributed by atoms with E-state index in [1.165, 1.54) is 0 Å². The second-order valence-corrected chi connectivity index (χ2v) is 2.61. The van der Waals surface area contributed by atoms with Gasteiger partial charge in [0, 0.05) is 6.04 Å². The Morgan fingerprint density at radius 3 is 2.67 bits per heavy atom.